The first kappa shape index (κ1) is 71.2. The average Bonchev–Trinajstić information content (AvgIpc) is 3.77. The molecule has 0 amide bonds. The van der Waals surface area contributed by atoms with Crippen LogP contribution < -0.4 is 0 Å². The smallest absolute Gasteiger partial charge is 0.313 e. The summed E-state index contributed by atoms with van der Waals surface area (Å²) in [6, 6.07) is 0. The number of hydrogen-bond acceptors (Lipinski definition) is 11. The number of nitrogens with zero attached hydrogens (tertiary/aromatic N) is 1. The summed E-state index contributed by atoms with van der Waals surface area (Å²) in [6.07, 6.45) is 45.6. The third kappa shape index (κ3) is 44.7. The van der Waals surface area contributed by atoms with E-state index < -0.39 is 5.41 Å². The number of unbranched alkanes of at least 4 members (excludes halogenated alkanes) is 30. The summed E-state index contributed by atoms with van der Waals surface area (Å²) >= 11 is 0. The van der Waals surface area contributed by atoms with Crippen LogP contribution in [0.3, 0.4) is 0 Å². The number of esters is 3. The lowest BCUT2D eigenvalue weighted by atomic mass is 9.90. The van der Waals surface area contributed by atoms with Gasteiger partial charge in [0.05, 0.1) is 31.5 Å². The lowest BCUT2D eigenvalue weighted by molar-refractivity contribution is -0.160. The lowest BCUT2D eigenvalue weighted by Gasteiger charge is -2.26. The minimum Gasteiger partial charge on any atom is -0.466 e. The standard InChI is InChI=1S/C64H123NO10/c1-7-11-15-19-29-39-53-71-61(72-54-40-30-20-16-12-8-2)47-45-59(66)69-51-37-33-25-23-27-35-43-58(75-63(68)64(5)49-50-65(6)57-64)44-36-28-24-26-34-38-52-70-60(67)46-48-62(73-55-41-31-21-17-13-9-3)74-56-42-32-22-18-14-10-4/h58,61-62H,7-57H2,1-6H3. The monoisotopic (exact) mass is 1070 g/mol. The molecular formula is C64H123NO10. The molecule has 0 saturated carbocycles. The molecule has 11 heteroatoms. The van der Waals surface area contributed by atoms with Crippen molar-refractivity contribution in [3.63, 3.8) is 0 Å². The second-order valence-corrected chi connectivity index (χ2v) is 22.8. The van der Waals surface area contributed by atoms with Crippen LogP contribution in [-0.4, -0.2) is 101 Å². The Morgan fingerprint density at radius 1 is 0.400 bits per heavy atom. The molecule has 0 aromatic rings. The maximum absolute atomic E-state index is 13.5. The van der Waals surface area contributed by atoms with E-state index in [0.717, 1.165) is 135 Å². The number of carbonyl (C=O) groups excluding carboxylic acids is 3. The molecule has 0 aromatic carbocycles. The molecular weight excluding hydrogens is 943 g/mol. The van der Waals surface area contributed by atoms with E-state index in [9.17, 15) is 14.4 Å². The van der Waals surface area contributed by atoms with Gasteiger partial charge in [0.2, 0.25) is 0 Å². The van der Waals surface area contributed by atoms with Crippen LogP contribution in [-0.2, 0) is 47.5 Å². The van der Waals surface area contributed by atoms with E-state index in [0.29, 0.717) is 65.3 Å². The van der Waals surface area contributed by atoms with Crippen LogP contribution in [0, 0.1) is 5.41 Å². The van der Waals surface area contributed by atoms with Gasteiger partial charge in [-0.25, -0.2) is 0 Å². The quantitative estimate of drug-likeness (QED) is 0.0251. The zero-order chi connectivity index (χ0) is 54.6. The van der Waals surface area contributed by atoms with Gasteiger partial charge in [0.1, 0.15) is 6.10 Å². The highest BCUT2D eigenvalue weighted by Crippen LogP contribution is 2.32. The first-order valence-corrected chi connectivity index (χ1v) is 32.3. The molecule has 1 heterocycles. The number of carbonyl (C=O) groups is 3. The Morgan fingerprint density at radius 3 is 1.00 bits per heavy atom. The summed E-state index contributed by atoms with van der Waals surface area (Å²) in [5.74, 6) is -0.352. The van der Waals surface area contributed by atoms with E-state index >= 15 is 0 Å². The van der Waals surface area contributed by atoms with E-state index in [1.165, 1.54) is 128 Å². The average molecular weight is 1070 g/mol. The van der Waals surface area contributed by atoms with Crippen molar-refractivity contribution in [3.8, 4) is 0 Å². The lowest BCUT2D eigenvalue weighted by Crippen LogP contribution is -2.35. The molecule has 0 radical (unpaired) electrons. The number of rotatable bonds is 58. The Hall–Kier alpha value is -1.79. The maximum Gasteiger partial charge on any atom is 0.313 e. The van der Waals surface area contributed by atoms with Crippen molar-refractivity contribution in [2.24, 2.45) is 5.41 Å². The van der Waals surface area contributed by atoms with E-state index in [-0.39, 0.29) is 36.6 Å². The first-order valence-electron chi connectivity index (χ1n) is 32.3. The van der Waals surface area contributed by atoms with E-state index in [4.69, 9.17) is 33.2 Å². The minimum atomic E-state index is -0.423. The fraction of sp³-hybridized carbons (Fsp3) is 0.953. The van der Waals surface area contributed by atoms with Gasteiger partial charge in [-0.15, -0.1) is 0 Å². The van der Waals surface area contributed by atoms with E-state index in [2.05, 4.69) is 46.6 Å². The first-order chi connectivity index (χ1) is 36.7. The topological polar surface area (TPSA) is 119 Å². The van der Waals surface area contributed by atoms with Gasteiger partial charge in [0.25, 0.3) is 0 Å². The molecule has 0 bridgehead atoms. The van der Waals surface area contributed by atoms with Gasteiger partial charge in [0.15, 0.2) is 12.6 Å². The van der Waals surface area contributed by atoms with E-state index in [1.54, 1.807) is 0 Å². The Balaban J connectivity index is 2.35. The molecule has 1 atom stereocenters. The Labute approximate surface area is 463 Å². The van der Waals surface area contributed by atoms with Crippen LogP contribution >= 0.6 is 0 Å². The van der Waals surface area contributed by atoms with Gasteiger partial charge < -0.3 is 38.1 Å². The normalized spacial score (nSPS) is 15.0. The summed E-state index contributed by atoms with van der Waals surface area (Å²) in [7, 11) is 2.08. The zero-order valence-corrected chi connectivity index (χ0v) is 50.3. The molecule has 1 aliphatic heterocycles. The molecule has 1 rings (SSSR count). The highest BCUT2D eigenvalue weighted by molar-refractivity contribution is 5.77. The Morgan fingerprint density at radius 2 is 0.693 bits per heavy atom. The van der Waals surface area contributed by atoms with Crippen LogP contribution in [0.4, 0.5) is 0 Å². The minimum absolute atomic E-state index is 0.0326. The van der Waals surface area contributed by atoms with Crippen molar-refractivity contribution < 1.29 is 47.5 Å². The molecule has 0 N–H and O–H groups in total. The second-order valence-electron chi connectivity index (χ2n) is 22.8. The van der Waals surface area contributed by atoms with Crippen molar-refractivity contribution in [2.75, 3.05) is 59.8 Å². The van der Waals surface area contributed by atoms with Gasteiger partial charge in [0, 0.05) is 45.8 Å². The predicted molar refractivity (Wildman–Crippen MR) is 310 cm³/mol. The summed E-state index contributed by atoms with van der Waals surface area (Å²) in [5.41, 5.74) is -0.423. The molecule has 11 nitrogen and oxygen atoms in total. The summed E-state index contributed by atoms with van der Waals surface area (Å²) < 4.78 is 42.0. The van der Waals surface area contributed by atoms with E-state index in [1.807, 2.05) is 0 Å². The van der Waals surface area contributed by atoms with Gasteiger partial charge in [-0.3, -0.25) is 14.4 Å². The fourth-order valence-electron chi connectivity index (χ4n) is 10.1. The van der Waals surface area contributed by atoms with Crippen molar-refractivity contribution in [1.82, 2.24) is 4.90 Å². The molecule has 1 saturated heterocycles. The SMILES string of the molecule is CCCCCCCCOC(CCC(=O)OCCCCCCCCC(CCCCCCCCOC(=O)CCC(OCCCCCCCC)OCCCCCCCC)OC(=O)C1(C)CCN(C)C1)OCCCCCCCC. The third-order valence-electron chi connectivity index (χ3n) is 15.2. The summed E-state index contributed by atoms with van der Waals surface area (Å²) in [6.45, 7) is 16.4. The van der Waals surface area contributed by atoms with Crippen LogP contribution in [0.25, 0.3) is 0 Å². The largest absolute Gasteiger partial charge is 0.466 e. The predicted octanol–water partition coefficient (Wildman–Crippen LogP) is 17.5. The van der Waals surface area contributed by atoms with Crippen LogP contribution in [0.5, 0.6) is 0 Å². The third-order valence-corrected chi connectivity index (χ3v) is 15.2. The fourth-order valence-corrected chi connectivity index (χ4v) is 10.1. The molecule has 1 aliphatic rings. The Bertz CT molecular complexity index is 1160. The second kappa shape index (κ2) is 52.9. The summed E-state index contributed by atoms with van der Waals surface area (Å²) in [5, 5.41) is 0. The van der Waals surface area contributed by atoms with Gasteiger partial charge >= 0.3 is 17.9 Å². The maximum atomic E-state index is 13.5. The highest BCUT2D eigenvalue weighted by atomic mass is 16.7. The molecule has 444 valence electrons. The van der Waals surface area contributed by atoms with Crippen molar-refractivity contribution >= 4 is 17.9 Å². The van der Waals surface area contributed by atoms with Crippen LogP contribution in [0.2, 0.25) is 0 Å². The van der Waals surface area contributed by atoms with Crippen molar-refractivity contribution in [3.05, 3.63) is 0 Å². The zero-order valence-electron chi connectivity index (χ0n) is 50.3. The highest BCUT2D eigenvalue weighted by Gasteiger charge is 2.41. The Kier molecular flexibility index (Phi) is 50.2. The number of likely N-dealkylation sites (tertiary alicyclic amines) is 1. The molecule has 1 unspecified atom stereocenters. The summed E-state index contributed by atoms with van der Waals surface area (Å²) in [4.78, 5) is 41.0. The molecule has 1 fully saturated rings. The van der Waals surface area contributed by atoms with Gasteiger partial charge in [-0.05, 0) is 91.1 Å². The molecule has 0 aromatic heterocycles. The molecule has 0 aliphatic carbocycles. The van der Waals surface area contributed by atoms with Gasteiger partial charge in [-0.2, -0.15) is 0 Å². The molecule has 75 heavy (non-hydrogen) atoms. The van der Waals surface area contributed by atoms with Gasteiger partial charge in [-0.1, -0.05) is 207 Å². The van der Waals surface area contributed by atoms with Crippen LogP contribution in [0.1, 0.15) is 311 Å². The van der Waals surface area contributed by atoms with Crippen LogP contribution in [0.15, 0.2) is 0 Å². The number of hydrogen-bond donors (Lipinski definition) is 0. The number of ether oxygens (including phenoxy) is 7. The van der Waals surface area contributed by atoms with Crippen molar-refractivity contribution in [1.29, 1.82) is 0 Å². The molecule has 0 spiro atoms. The van der Waals surface area contributed by atoms with Crippen molar-refractivity contribution in [2.45, 2.75) is 329 Å².